The van der Waals surface area contributed by atoms with Gasteiger partial charge in [-0.2, -0.15) is 0 Å². The van der Waals surface area contributed by atoms with E-state index in [9.17, 15) is 15.0 Å². The average Bonchev–Trinajstić information content (AvgIpc) is 2.81. The quantitative estimate of drug-likeness (QED) is 0.748. The number of rotatable bonds is 4. The average molecular weight is 278 g/mol. The number of hydrogen-bond acceptors (Lipinski definition) is 4. The van der Waals surface area contributed by atoms with Gasteiger partial charge in [-0.25, -0.2) is 0 Å². The van der Waals surface area contributed by atoms with Crippen LogP contribution in [0.2, 0.25) is 0 Å². The van der Waals surface area contributed by atoms with Crippen molar-refractivity contribution in [2.45, 2.75) is 31.8 Å². The first kappa shape index (κ1) is 14.8. The SMILES string of the molecule is CC1CCN(C(=O)[C@@H](N)Cc2ccc(O)cc2)C1CO. The van der Waals surface area contributed by atoms with Gasteiger partial charge in [0.15, 0.2) is 0 Å². The lowest BCUT2D eigenvalue weighted by Gasteiger charge is -2.27. The van der Waals surface area contributed by atoms with Crippen molar-refractivity contribution in [1.29, 1.82) is 0 Å². The smallest absolute Gasteiger partial charge is 0.240 e. The molecule has 1 aliphatic heterocycles. The Morgan fingerprint density at radius 2 is 2.10 bits per heavy atom. The topological polar surface area (TPSA) is 86.8 Å². The second kappa shape index (κ2) is 6.24. The molecule has 1 aromatic carbocycles. The van der Waals surface area contributed by atoms with E-state index in [0.717, 1.165) is 12.0 Å². The van der Waals surface area contributed by atoms with Gasteiger partial charge in [-0.05, 0) is 36.5 Å². The van der Waals surface area contributed by atoms with Crippen molar-refractivity contribution >= 4 is 5.91 Å². The Bertz CT molecular complexity index is 461. The highest BCUT2D eigenvalue weighted by molar-refractivity contribution is 5.82. The summed E-state index contributed by atoms with van der Waals surface area (Å²) < 4.78 is 0. The van der Waals surface area contributed by atoms with Crippen LogP contribution in [0.25, 0.3) is 0 Å². The number of nitrogens with two attached hydrogens (primary N) is 1. The van der Waals surface area contributed by atoms with Crippen LogP contribution < -0.4 is 5.73 Å². The monoisotopic (exact) mass is 278 g/mol. The molecule has 1 fully saturated rings. The van der Waals surface area contributed by atoms with Crippen molar-refractivity contribution in [1.82, 2.24) is 4.90 Å². The van der Waals surface area contributed by atoms with E-state index >= 15 is 0 Å². The lowest BCUT2D eigenvalue weighted by Crippen LogP contribution is -2.48. The number of hydrogen-bond donors (Lipinski definition) is 3. The number of nitrogens with zero attached hydrogens (tertiary/aromatic N) is 1. The Kier molecular flexibility index (Phi) is 4.62. The molecule has 0 radical (unpaired) electrons. The van der Waals surface area contributed by atoms with E-state index in [1.807, 2.05) is 6.92 Å². The predicted octanol–water partition coefficient (Wildman–Crippen LogP) is 0.491. The fourth-order valence-electron chi connectivity index (χ4n) is 2.75. The Labute approximate surface area is 119 Å². The van der Waals surface area contributed by atoms with E-state index in [4.69, 9.17) is 5.73 Å². The zero-order valence-corrected chi connectivity index (χ0v) is 11.7. The second-order valence-electron chi connectivity index (χ2n) is 5.52. The van der Waals surface area contributed by atoms with Crippen LogP contribution in [0.5, 0.6) is 5.75 Å². The molecule has 5 heteroatoms. The Morgan fingerprint density at radius 1 is 1.45 bits per heavy atom. The highest BCUT2D eigenvalue weighted by Crippen LogP contribution is 2.24. The molecule has 0 spiro atoms. The van der Waals surface area contributed by atoms with Crippen molar-refractivity contribution < 1.29 is 15.0 Å². The van der Waals surface area contributed by atoms with Gasteiger partial charge in [0, 0.05) is 6.54 Å². The van der Waals surface area contributed by atoms with Crippen molar-refractivity contribution in [3.8, 4) is 5.75 Å². The Morgan fingerprint density at radius 3 is 2.70 bits per heavy atom. The number of carbonyl (C=O) groups is 1. The van der Waals surface area contributed by atoms with E-state index in [2.05, 4.69) is 0 Å². The number of aliphatic hydroxyl groups is 1. The molecule has 0 saturated carbocycles. The standard InChI is InChI=1S/C15H22N2O3/c1-10-6-7-17(14(10)9-18)15(20)13(16)8-11-2-4-12(19)5-3-11/h2-5,10,13-14,18-19H,6-9,16H2,1H3/t10?,13-,14?/m0/s1. The molecule has 2 rings (SSSR count). The molecule has 1 heterocycles. The van der Waals surface area contributed by atoms with E-state index < -0.39 is 6.04 Å². The molecule has 1 amide bonds. The van der Waals surface area contributed by atoms with E-state index in [-0.39, 0.29) is 24.3 Å². The van der Waals surface area contributed by atoms with E-state index in [0.29, 0.717) is 18.9 Å². The van der Waals surface area contributed by atoms with Crippen LogP contribution in [-0.4, -0.2) is 46.3 Å². The van der Waals surface area contributed by atoms with Gasteiger partial charge in [0.05, 0.1) is 18.7 Å². The highest BCUT2D eigenvalue weighted by atomic mass is 16.3. The summed E-state index contributed by atoms with van der Waals surface area (Å²) in [5, 5.41) is 18.6. The summed E-state index contributed by atoms with van der Waals surface area (Å²) in [6.45, 7) is 2.69. The first-order chi connectivity index (χ1) is 9.52. The minimum Gasteiger partial charge on any atom is -0.508 e. The molecule has 5 nitrogen and oxygen atoms in total. The molecular formula is C15H22N2O3. The zero-order chi connectivity index (χ0) is 14.7. The summed E-state index contributed by atoms with van der Waals surface area (Å²) in [5.41, 5.74) is 6.91. The lowest BCUT2D eigenvalue weighted by atomic mass is 10.0. The number of benzene rings is 1. The van der Waals surface area contributed by atoms with Gasteiger partial charge in [0.25, 0.3) is 0 Å². The zero-order valence-electron chi connectivity index (χ0n) is 11.7. The van der Waals surface area contributed by atoms with Crippen LogP contribution in [0, 0.1) is 5.92 Å². The number of carbonyl (C=O) groups excluding carboxylic acids is 1. The predicted molar refractivity (Wildman–Crippen MR) is 76.2 cm³/mol. The Hall–Kier alpha value is -1.59. The molecule has 1 saturated heterocycles. The second-order valence-corrected chi connectivity index (χ2v) is 5.52. The minimum absolute atomic E-state index is 0.0150. The summed E-state index contributed by atoms with van der Waals surface area (Å²) >= 11 is 0. The normalized spacial score (nSPS) is 23.9. The molecule has 4 N–H and O–H groups in total. The maximum absolute atomic E-state index is 12.4. The third-order valence-corrected chi connectivity index (χ3v) is 4.06. The molecule has 2 unspecified atom stereocenters. The number of amides is 1. The molecule has 3 atom stereocenters. The summed E-state index contributed by atoms with van der Waals surface area (Å²) in [4.78, 5) is 14.1. The summed E-state index contributed by atoms with van der Waals surface area (Å²) in [5.74, 6) is 0.397. The minimum atomic E-state index is -0.612. The van der Waals surface area contributed by atoms with Crippen molar-refractivity contribution in [2.75, 3.05) is 13.2 Å². The van der Waals surface area contributed by atoms with E-state index in [1.54, 1.807) is 29.2 Å². The van der Waals surface area contributed by atoms with Crippen molar-refractivity contribution in [3.63, 3.8) is 0 Å². The first-order valence-corrected chi connectivity index (χ1v) is 6.97. The number of aliphatic hydroxyl groups excluding tert-OH is 1. The summed E-state index contributed by atoms with van der Waals surface area (Å²) in [6.07, 6.45) is 1.34. The number of aromatic hydroxyl groups is 1. The fraction of sp³-hybridized carbons (Fsp3) is 0.533. The molecule has 0 aromatic heterocycles. The van der Waals surface area contributed by atoms with Crippen LogP contribution >= 0.6 is 0 Å². The number of likely N-dealkylation sites (tertiary alicyclic amines) is 1. The largest absolute Gasteiger partial charge is 0.508 e. The van der Waals surface area contributed by atoms with Gasteiger partial charge in [-0.1, -0.05) is 19.1 Å². The van der Waals surface area contributed by atoms with Crippen LogP contribution in [0.3, 0.4) is 0 Å². The van der Waals surface area contributed by atoms with Crippen LogP contribution in [0.1, 0.15) is 18.9 Å². The molecule has 1 aromatic rings. The summed E-state index contributed by atoms with van der Waals surface area (Å²) in [6, 6.07) is 5.96. The van der Waals surface area contributed by atoms with Crippen molar-refractivity contribution in [3.05, 3.63) is 29.8 Å². The molecule has 0 bridgehead atoms. The van der Waals surface area contributed by atoms with E-state index in [1.165, 1.54) is 0 Å². The molecular weight excluding hydrogens is 256 g/mol. The molecule has 1 aliphatic rings. The molecule has 0 aliphatic carbocycles. The van der Waals surface area contributed by atoms with Gasteiger partial charge in [-0.15, -0.1) is 0 Å². The van der Waals surface area contributed by atoms with Crippen molar-refractivity contribution in [2.24, 2.45) is 11.7 Å². The first-order valence-electron chi connectivity index (χ1n) is 6.97. The summed E-state index contributed by atoms with van der Waals surface area (Å²) in [7, 11) is 0. The third-order valence-electron chi connectivity index (χ3n) is 4.06. The fourth-order valence-corrected chi connectivity index (χ4v) is 2.75. The van der Waals surface area contributed by atoms with Crippen LogP contribution in [-0.2, 0) is 11.2 Å². The maximum Gasteiger partial charge on any atom is 0.240 e. The van der Waals surface area contributed by atoms with Gasteiger partial charge >= 0.3 is 0 Å². The molecule has 110 valence electrons. The van der Waals surface area contributed by atoms with Gasteiger partial charge < -0.3 is 20.8 Å². The Balaban J connectivity index is 2.00. The maximum atomic E-state index is 12.4. The number of phenols is 1. The van der Waals surface area contributed by atoms with Gasteiger partial charge in [0.2, 0.25) is 5.91 Å². The molecule has 20 heavy (non-hydrogen) atoms. The lowest BCUT2D eigenvalue weighted by molar-refractivity contribution is -0.134. The van der Waals surface area contributed by atoms with Gasteiger partial charge in [-0.3, -0.25) is 4.79 Å². The number of phenolic OH excluding ortho intramolecular Hbond substituents is 1. The third kappa shape index (κ3) is 3.11. The van der Waals surface area contributed by atoms with Crippen LogP contribution in [0.15, 0.2) is 24.3 Å². The van der Waals surface area contributed by atoms with Crippen LogP contribution in [0.4, 0.5) is 0 Å². The van der Waals surface area contributed by atoms with Gasteiger partial charge in [0.1, 0.15) is 5.75 Å². The highest BCUT2D eigenvalue weighted by Gasteiger charge is 2.35.